The van der Waals surface area contributed by atoms with Gasteiger partial charge in [0.15, 0.2) is 0 Å². The summed E-state index contributed by atoms with van der Waals surface area (Å²) in [4.78, 5) is 28.2. The van der Waals surface area contributed by atoms with E-state index in [9.17, 15) is 14.7 Å². The molecule has 0 bridgehead atoms. The first-order valence-electron chi connectivity index (χ1n) is 16.2. The highest BCUT2D eigenvalue weighted by atomic mass is 32.2. The largest absolute Gasteiger partial charge is 0.480 e. The lowest BCUT2D eigenvalue weighted by atomic mass is 9.84. The average Bonchev–Trinajstić information content (AvgIpc) is 3.82. The van der Waals surface area contributed by atoms with Crippen molar-refractivity contribution in [2.45, 2.75) is 116 Å². The van der Waals surface area contributed by atoms with Gasteiger partial charge in [-0.25, -0.2) is 4.79 Å². The molecule has 1 amide bonds. The number of hydrogen-bond acceptors (Lipinski definition) is 5. The van der Waals surface area contributed by atoms with Crippen LogP contribution in [0.3, 0.4) is 0 Å². The van der Waals surface area contributed by atoms with Gasteiger partial charge in [0.25, 0.3) is 5.91 Å². The van der Waals surface area contributed by atoms with Crippen molar-refractivity contribution in [1.82, 2.24) is 10.2 Å². The summed E-state index contributed by atoms with van der Waals surface area (Å²) in [6, 6.07) is 14.2. The van der Waals surface area contributed by atoms with Gasteiger partial charge in [0.05, 0.1) is 12.2 Å². The van der Waals surface area contributed by atoms with E-state index in [2.05, 4.69) is 62.2 Å². The van der Waals surface area contributed by atoms with E-state index < -0.39 is 12.0 Å². The Hall–Kier alpha value is -2.35. The number of carboxylic acid groups (broad SMARTS) is 1. The molecule has 43 heavy (non-hydrogen) atoms. The number of nitrogens with zero attached hydrogens (tertiary/aromatic N) is 1. The second kappa shape index (κ2) is 15.6. The van der Waals surface area contributed by atoms with Gasteiger partial charge in [0.2, 0.25) is 0 Å². The minimum absolute atomic E-state index is 0.184. The molecular weight excluding hydrogens is 556 g/mol. The topological polar surface area (TPSA) is 78.9 Å². The standard InChI is InChI=1S/C36H52N2O4S/c1-25-11-9-10-14-30(25)32-22-27(15-18-31(32)34(39)37-33(35(40)41)19-20-43-5)23-38(28-16-17-28)29(24-42-36(2,3)4)21-26-12-7-6-8-13-26/h9-11,14-15,18,22,26,28-29,33H,6-8,12-13,16-17,19-21,23-24H2,1-5H3,(H,37,39)(H,40,41)/t29-,33+/m1/s1. The highest BCUT2D eigenvalue weighted by Crippen LogP contribution is 2.36. The van der Waals surface area contributed by atoms with Crippen LogP contribution in [0.5, 0.6) is 0 Å². The van der Waals surface area contributed by atoms with Crippen LogP contribution in [0.4, 0.5) is 0 Å². The summed E-state index contributed by atoms with van der Waals surface area (Å²) in [7, 11) is 0. The van der Waals surface area contributed by atoms with Crippen molar-refractivity contribution >= 4 is 23.6 Å². The molecule has 2 aromatic carbocycles. The van der Waals surface area contributed by atoms with Gasteiger partial charge < -0.3 is 15.2 Å². The third-order valence-corrected chi connectivity index (χ3v) is 9.51. The van der Waals surface area contributed by atoms with Crippen LogP contribution in [0.25, 0.3) is 11.1 Å². The highest BCUT2D eigenvalue weighted by molar-refractivity contribution is 7.98. The lowest BCUT2D eigenvalue weighted by Crippen LogP contribution is -2.43. The minimum atomic E-state index is -1.00. The summed E-state index contributed by atoms with van der Waals surface area (Å²) in [5.41, 5.74) is 4.44. The lowest BCUT2D eigenvalue weighted by Gasteiger charge is -2.37. The van der Waals surface area contributed by atoms with E-state index in [1.807, 2.05) is 24.5 Å². The molecule has 2 aromatic rings. The van der Waals surface area contributed by atoms with Crippen LogP contribution in [0.15, 0.2) is 42.5 Å². The number of thioether (sulfide) groups is 1. The Bertz CT molecular complexity index is 1220. The lowest BCUT2D eigenvalue weighted by molar-refractivity contribution is -0.139. The number of aryl methyl sites for hydroxylation is 1. The highest BCUT2D eigenvalue weighted by Gasteiger charge is 2.36. The van der Waals surface area contributed by atoms with Crippen molar-refractivity contribution in [1.29, 1.82) is 0 Å². The van der Waals surface area contributed by atoms with Gasteiger partial charge in [-0.2, -0.15) is 11.8 Å². The summed E-state index contributed by atoms with van der Waals surface area (Å²) in [6.45, 7) is 10.0. The van der Waals surface area contributed by atoms with Crippen LogP contribution >= 0.6 is 11.8 Å². The number of ether oxygens (including phenoxy) is 1. The molecular formula is C36H52N2O4S. The predicted molar refractivity (Wildman–Crippen MR) is 178 cm³/mol. The molecule has 0 aromatic heterocycles. The molecule has 2 aliphatic rings. The van der Waals surface area contributed by atoms with Crippen LogP contribution < -0.4 is 5.32 Å². The molecule has 0 radical (unpaired) electrons. The van der Waals surface area contributed by atoms with Crippen molar-refractivity contribution in [2.75, 3.05) is 18.6 Å². The summed E-state index contributed by atoms with van der Waals surface area (Å²) in [6.07, 6.45) is 12.6. The van der Waals surface area contributed by atoms with E-state index in [0.717, 1.165) is 35.8 Å². The van der Waals surface area contributed by atoms with Gasteiger partial charge in [-0.15, -0.1) is 0 Å². The molecule has 0 spiro atoms. The smallest absolute Gasteiger partial charge is 0.326 e. The van der Waals surface area contributed by atoms with Crippen LogP contribution in [-0.4, -0.2) is 64.2 Å². The van der Waals surface area contributed by atoms with E-state index >= 15 is 0 Å². The number of carbonyl (C=O) groups is 2. The quantitative estimate of drug-likeness (QED) is 0.216. The molecule has 2 saturated carbocycles. The predicted octanol–water partition coefficient (Wildman–Crippen LogP) is 7.72. The second-order valence-corrected chi connectivity index (χ2v) is 14.5. The molecule has 2 aliphatic carbocycles. The molecule has 4 rings (SSSR count). The number of aliphatic carboxylic acids is 1. The number of carbonyl (C=O) groups excluding carboxylic acids is 1. The summed E-state index contributed by atoms with van der Waals surface area (Å²) in [5.74, 6) is 0.0771. The third-order valence-electron chi connectivity index (χ3n) is 8.87. The molecule has 0 aliphatic heterocycles. The maximum atomic E-state index is 13.6. The number of amides is 1. The van der Waals surface area contributed by atoms with E-state index in [0.29, 0.717) is 29.8 Å². The van der Waals surface area contributed by atoms with Gasteiger partial charge in [0, 0.05) is 24.2 Å². The van der Waals surface area contributed by atoms with Gasteiger partial charge in [-0.1, -0.05) is 62.4 Å². The van der Waals surface area contributed by atoms with Crippen LogP contribution in [0, 0.1) is 12.8 Å². The first kappa shape index (κ1) is 33.5. The van der Waals surface area contributed by atoms with Crippen LogP contribution in [0.2, 0.25) is 0 Å². The van der Waals surface area contributed by atoms with E-state index in [1.54, 1.807) is 11.8 Å². The first-order chi connectivity index (χ1) is 20.6. The van der Waals surface area contributed by atoms with Crippen molar-refractivity contribution in [3.63, 3.8) is 0 Å². The maximum Gasteiger partial charge on any atom is 0.326 e. The van der Waals surface area contributed by atoms with Crippen molar-refractivity contribution in [2.24, 2.45) is 5.92 Å². The number of benzene rings is 2. The van der Waals surface area contributed by atoms with E-state index in [1.165, 1.54) is 56.9 Å². The fourth-order valence-electron chi connectivity index (χ4n) is 6.34. The summed E-state index contributed by atoms with van der Waals surface area (Å²) >= 11 is 1.58. The molecule has 0 heterocycles. The van der Waals surface area contributed by atoms with E-state index in [4.69, 9.17) is 4.74 Å². The van der Waals surface area contributed by atoms with Crippen LogP contribution in [0.1, 0.15) is 100 Å². The molecule has 6 nitrogen and oxygen atoms in total. The SMILES string of the molecule is CSCC[C@H](NC(=O)c1ccc(CN(C2CC2)[C@@H](COC(C)(C)C)CC2CCCCC2)cc1-c1ccccc1C)C(=O)O. The first-order valence-corrected chi connectivity index (χ1v) is 17.6. The van der Waals surface area contributed by atoms with Gasteiger partial charge >= 0.3 is 5.97 Å². The zero-order valence-electron chi connectivity index (χ0n) is 26.9. The van der Waals surface area contributed by atoms with Crippen molar-refractivity contribution in [3.8, 4) is 11.1 Å². The summed E-state index contributed by atoms with van der Waals surface area (Å²) < 4.78 is 6.43. The molecule has 2 fully saturated rings. The fourth-order valence-corrected chi connectivity index (χ4v) is 6.81. The number of rotatable bonds is 15. The Balaban J connectivity index is 1.64. The van der Waals surface area contributed by atoms with Crippen LogP contribution in [-0.2, 0) is 16.1 Å². The van der Waals surface area contributed by atoms with Gasteiger partial charge in [-0.05, 0) is 106 Å². The molecule has 2 N–H and O–H groups in total. The Morgan fingerprint density at radius 2 is 1.77 bits per heavy atom. The Morgan fingerprint density at radius 3 is 2.40 bits per heavy atom. The Kier molecular flexibility index (Phi) is 12.2. The minimum Gasteiger partial charge on any atom is -0.480 e. The van der Waals surface area contributed by atoms with Crippen molar-refractivity contribution in [3.05, 3.63) is 59.2 Å². The molecule has 7 heteroatoms. The fraction of sp³-hybridized carbons (Fsp3) is 0.611. The molecule has 236 valence electrons. The third kappa shape index (κ3) is 10.1. The number of hydrogen-bond donors (Lipinski definition) is 2. The molecule has 2 atom stereocenters. The molecule has 0 saturated heterocycles. The Labute approximate surface area is 263 Å². The number of nitrogens with one attached hydrogen (secondary N) is 1. The van der Waals surface area contributed by atoms with E-state index in [-0.39, 0.29) is 11.5 Å². The van der Waals surface area contributed by atoms with Gasteiger partial charge in [0.1, 0.15) is 6.04 Å². The van der Waals surface area contributed by atoms with Crippen molar-refractivity contribution < 1.29 is 19.4 Å². The number of carboxylic acids is 1. The Morgan fingerprint density at radius 1 is 1.05 bits per heavy atom. The van der Waals surface area contributed by atoms with Gasteiger partial charge in [-0.3, -0.25) is 9.69 Å². The summed E-state index contributed by atoms with van der Waals surface area (Å²) in [5, 5.41) is 12.6. The monoisotopic (exact) mass is 608 g/mol. The average molecular weight is 609 g/mol. The molecule has 0 unspecified atom stereocenters. The zero-order chi connectivity index (χ0) is 31.0. The normalized spacial score (nSPS) is 17.5. The maximum absolute atomic E-state index is 13.6. The second-order valence-electron chi connectivity index (χ2n) is 13.6. The zero-order valence-corrected chi connectivity index (χ0v) is 27.7.